The van der Waals surface area contributed by atoms with Crippen LogP contribution in [0.1, 0.15) is 6.92 Å². The predicted octanol–water partition coefficient (Wildman–Crippen LogP) is 0.957. The maximum Gasteiger partial charge on any atom is 0.232 e. The molecule has 0 saturated carbocycles. The van der Waals surface area contributed by atoms with Gasteiger partial charge < -0.3 is 5.32 Å². The van der Waals surface area contributed by atoms with Gasteiger partial charge in [-0.2, -0.15) is 11.8 Å². The monoisotopic (exact) mass is 216 g/mol. The molecule has 3 nitrogen and oxygen atoms in total. The Hall–Kier alpha value is -0.160. The summed E-state index contributed by atoms with van der Waals surface area (Å²) in [6.07, 6.45) is 0. The first kappa shape index (κ1) is 9.40. The van der Waals surface area contributed by atoms with Crippen molar-refractivity contribution in [2.75, 3.05) is 17.3 Å². The van der Waals surface area contributed by atoms with Crippen molar-refractivity contribution >= 4 is 34.6 Å². The molecule has 2 atom stereocenters. The van der Waals surface area contributed by atoms with Crippen LogP contribution in [-0.4, -0.2) is 34.4 Å². The molecule has 0 bridgehead atoms. The second-order valence-corrected chi connectivity index (χ2v) is 5.40. The first-order valence-corrected chi connectivity index (χ1v) is 6.54. The van der Waals surface area contributed by atoms with Gasteiger partial charge in [0.1, 0.15) is 0 Å². The molecule has 72 valence electrons. The van der Waals surface area contributed by atoms with Crippen molar-refractivity contribution in [2.24, 2.45) is 10.9 Å². The summed E-state index contributed by atoms with van der Waals surface area (Å²) in [7, 11) is 0. The second-order valence-electron chi connectivity index (χ2n) is 3.07. The van der Waals surface area contributed by atoms with Crippen LogP contribution in [0.2, 0.25) is 0 Å². The number of thioether (sulfide) groups is 2. The third-order valence-electron chi connectivity index (χ3n) is 2.18. The van der Waals surface area contributed by atoms with Crippen LogP contribution in [0.4, 0.5) is 0 Å². The Morgan fingerprint density at radius 1 is 1.69 bits per heavy atom. The molecule has 2 unspecified atom stereocenters. The van der Waals surface area contributed by atoms with Crippen LogP contribution in [0.15, 0.2) is 4.99 Å². The van der Waals surface area contributed by atoms with Crippen LogP contribution in [0.25, 0.3) is 0 Å². The molecule has 1 amide bonds. The standard InChI is InChI=1S/C8H12N2OS2/c1-2-13-8-9-6-4-12-3-5(6)7(11)10-8/h5-6H,2-4H2,1H3,(H,9,10,11). The van der Waals surface area contributed by atoms with Crippen LogP contribution in [0.3, 0.4) is 0 Å². The van der Waals surface area contributed by atoms with Crippen molar-refractivity contribution in [3.05, 3.63) is 0 Å². The topological polar surface area (TPSA) is 41.5 Å². The lowest BCUT2D eigenvalue weighted by atomic mass is 10.0. The summed E-state index contributed by atoms with van der Waals surface area (Å²) in [6.45, 7) is 2.06. The van der Waals surface area contributed by atoms with Gasteiger partial charge in [0.2, 0.25) is 5.91 Å². The van der Waals surface area contributed by atoms with Crippen LogP contribution in [0.5, 0.6) is 0 Å². The Labute approximate surface area is 86.1 Å². The molecular weight excluding hydrogens is 204 g/mol. The number of amidine groups is 1. The summed E-state index contributed by atoms with van der Waals surface area (Å²) in [6, 6.07) is 0.243. The molecule has 2 aliphatic rings. The molecule has 2 aliphatic heterocycles. The SMILES string of the molecule is CCSC1=NC2CSCC2C(=O)N1. The third kappa shape index (κ3) is 1.86. The Kier molecular flexibility index (Phi) is 2.83. The van der Waals surface area contributed by atoms with Gasteiger partial charge in [-0.1, -0.05) is 18.7 Å². The van der Waals surface area contributed by atoms with Crippen LogP contribution < -0.4 is 5.32 Å². The highest BCUT2D eigenvalue weighted by molar-refractivity contribution is 8.13. The molecule has 5 heteroatoms. The van der Waals surface area contributed by atoms with Gasteiger partial charge in [-0.3, -0.25) is 9.79 Å². The smallest absolute Gasteiger partial charge is 0.232 e. The van der Waals surface area contributed by atoms with E-state index in [2.05, 4.69) is 17.2 Å². The molecule has 1 N–H and O–H groups in total. The molecule has 0 aliphatic carbocycles. The van der Waals surface area contributed by atoms with E-state index in [0.717, 1.165) is 22.4 Å². The maximum atomic E-state index is 11.5. The third-order valence-corrected chi connectivity index (χ3v) is 4.12. The van der Waals surface area contributed by atoms with Crippen molar-refractivity contribution in [1.29, 1.82) is 0 Å². The van der Waals surface area contributed by atoms with Gasteiger partial charge in [0.25, 0.3) is 0 Å². The van der Waals surface area contributed by atoms with E-state index < -0.39 is 0 Å². The second kappa shape index (κ2) is 3.92. The fourth-order valence-corrected chi connectivity index (χ4v) is 3.48. The van der Waals surface area contributed by atoms with Crippen LogP contribution >= 0.6 is 23.5 Å². The summed E-state index contributed by atoms with van der Waals surface area (Å²) in [5.74, 6) is 3.20. The highest BCUT2D eigenvalue weighted by Crippen LogP contribution is 2.29. The van der Waals surface area contributed by atoms with Gasteiger partial charge in [0.05, 0.1) is 12.0 Å². The Morgan fingerprint density at radius 2 is 2.54 bits per heavy atom. The minimum Gasteiger partial charge on any atom is -0.305 e. The van der Waals surface area contributed by atoms with E-state index in [1.54, 1.807) is 11.8 Å². The molecule has 0 aromatic rings. The number of carbonyl (C=O) groups is 1. The van der Waals surface area contributed by atoms with Gasteiger partial charge in [-0.25, -0.2) is 0 Å². The zero-order chi connectivity index (χ0) is 9.26. The maximum absolute atomic E-state index is 11.5. The lowest BCUT2D eigenvalue weighted by Crippen LogP contribution is -2.44. The first-order valence-electron chi connectivity index (χ1n) is 4.40. The minimum absolute atomic E-state index is 0.131. The van der Waals surface area contributed by atoms with Crippen molar-refractivity contribution < 1.29 is 4.79 Å². The van der Waals surface area contributed by atoms with E-state index in [9.17, 15) is 4.79 Å². The average Bonchev–Trinajstić information content (AvgIpc) is 2.53. The van der Waals surface area contributed by atoms with Gasteiger partial charge >= 0.3 is 0 Å². The highest BCUT2D eigenvalue weighted by atomic mass is 32.2. The molecule has 2 rings (SSSR count). The number of nitrogens with zero attached hydrogens (tertiary/aromatic N) is 1. The van der Waals surface area contributed by atoms with Gasteiger partial charge in [0, 0.05) is 11.5 Å². The minimum atomic E-state index is 0.131. The largest absolute Gasteiger partial charge is 0.305 e. The first-order chi connectivity index (χ1) is 6.31. The van der Waals surface area contributed by atoms with E-state index in [-0.39, 0.29) is 17.9 Å². The molecular formula is C8H12N2OS2. The van der Waals surface area contributed by atoms with Gasteiger partial charge in [0.15, 0.2) is 5.17 Å². The van der Waals surface area contributed by atoms with E-state index in [0.29, 0.717) is 0 Å². The molecule has 0 aromatic heterocycles. The summed E-state index contributed by atoms with van der Waals surface area (Å²) in [5.41, 5.74) is 0. The number of nitrogens with one attached hydrogen (secondary N) is 1. The molecule has 1 saturated heterocycles. The fourth-order valence-electron chi connectivity index (χ4n) is 1.51. The number of hydrogen-bond donors (Lipinski definition) is 1. The molecule has 2 heterocycles. The lowest BCUT2D eigenvalue weighted by Gasteiger charge is -2.22. The normalized spacial score (nSPS) is 32.4. The lowest BCUT2D eigenvalue weighted by molar-refractivity contribution is -0.123. The summed E-state index contributed by atoms with van der Waals surface area (Å²) >= 11 is 3.44. The van der Waals surface area contributed by atoms with Crippen molar-refractivity contribution in [3.63, 3.8) is 0 Å². The number of amides is 1. The quantitative estimate of drug-likeness (QED) is 0.710. The Balaban J connectivity index is 2.12. The summed E-state index contributed by atoms with van der Waals surface area (Å²) in [4.78, 5) is 16.1. The van der Waals surface area contributed by atoms with E-state index in [1.807, 2.05) is 11.8 Å². The molecule has 0 aromatic carbocycles. The van der Waals surface area contributed by atoms with E-state index in [1.165, 1.54) is 0 Å². The van der Waals surface area contributed by atoms with Crippen molar-refractivity contribution in [2.45, 2.75) is 13.0 Å². The molecule has 0 radical (unpaired) electrons. The van der Waals surface area contributed by atoms with Gasteiger partial charge in [-0.05, 0) is 5.75 Å². The number of aliphatic imine (C=N–C) groups is 1. The number of fused-ring (bicyclic) bond motifs is 1. The number of carbonyl (C=O) groups excluding carboxylic acids is 1. The average molecular weight is 216 g/mol. The number of rotatable bonds is 1. The van der Waals surface area contributed by atoms with Crippen LogP contribution in [-0.2, 0) is 4.79 Å². The van der Waals surface area contributed by atoms with Crippen LogP contribution in [0, 0.1) is 5.92 Å². The zero-order valence-corrected chi connectivity index (χ0v) is 9.08. The summed E-state index contributed by atoms with van der Waals surface area (Å²) in [5, 5.41) is 3.67. The molecule has 1 fully saturated rings. The number of hydrogen-bond acceptors (Lipinski definition) is 4. The van der Waals surface area contributed by atoms with E-state index >= 15 is 0 Å². The molecule has 0 spiro atoms. The summed E-state index contributed by atoms with van der Waals surface area (Å²) < 4.78 is 0. The Bertz CT molecular complexity index is 255. The van der Waals surface area contributed by atoms with Gasteiger partial charge in [-0.15, -0.1) is 0 Å². The fraction of sp³-hybridized carbons (Fsp3) is 0.750. The van der Waals surface area contributed by atoms with E-state index in [4.69, 9.17) is 0 Å². The predicted molar refractivity (Wildman–Crippen MR) is 58.3 cm³/mol. The molecule has 13 heavy (non-hydrogen) atoms. The Morgan fingerprint density at radius 3 is 3.31 bits per heavy atom. The highest BCUT2D eigenvalue weighted by Gasteiger charge is 2.37. The zero-order valence-electron chi connectivity index (χ0n) is 7.45. The van der Waals surface area contributed by atoms with Crippen molar-refractivity contribution in [3.8, 4) is 0 Å². The van der Waals surface area contributed by atoms with Crippen molar-refractivity contribution in [1.82, 2.24) is 5.32 Å².